The summed E-state index contributed by atoms with van der Waals surface area (Å²) in [7, 11) is 3.10. The van der Waals surface area contributed by atoms with Gasteiger partial charge >= 0.3 is 0 Å². The lowest BCUT2D eigenvalue weighted by Gasteiger charge is -2.37. The van der Waals surface area contributed by atoms with Crippen LogP contribution >= 0.6 is 0 Å². The minimum absolute atomic E-state index is 0.193. The molecule has 5 nitrogen and oxygen atoms in total. The molecule has 1 aliphatic rings. The van der Waals surface area contributed by atoms with Crippen molar-refractivity contribution in [3.05, 3.63) is 59.7 Å². The number of methoxy groups -OCH3 is 2. The number of benzene rings is 2. The SMILES string of the molecule is COc1ccc(C(=O)NCC2(c3ccccc3)CCC(=O)CC2)c(OC)c1. The first kappa shape index (κ1) is 19.0. The molecule has 1 N–H and O–H groups in total. The molecule has 0 bridgehead atoms. The molecule has 2 aromatic carbocycles. The largest absolute Gasteiger partial charge is 0.497 e. The van der Waals surface area contributed by atoms with Crippen LogP contribution in [0.1, 0.15) is 41.6 Å². The van der Waals surface area contributed by atoms with E-state index in [2.05, 4.69) is 17.4 Å². The highest BCUT2D eigenvalue weighted by Crippen LogP contribution is 2.38. The zero-order valence-corrected chi connectivity index (χ0v) is 15.8. The molecule has 0 heterocycles. The molecule has 27 heavy (non-hydrogen) atoms. The maximum atomic E-state index is 12.8. The molecule has 0 atom stereocenters. The van der Waals surface area contributed by atoms with E-state index in [4.69, 9.17) is 9.47 Å². The van der Waals surface area contributed by atoms with Gasteiger partial charge in [0.2, 0.25) is 0 Å². The molecule has 1 amide bonds. The second kappa shape index (κ2) is 8.25. The number of ketones is 1. The number of rotatable bonds is 6. The van der Waals surface area contributed by atoms with E-state index in [9.17, 15) is 9.59 Å². The maximum absolute atomic E-state index is 12.8. The van der Waals surface area contributed by atoms with Gasteiger partial charge in [0.1, 0.15) is 17.3 Å². The predicted molar refractivity (Wildman–Crippen MR) is 103 cm³/mol. The second-order valence-electron chi connectivity index (χ2n) is 6.93. The van der Waals surface area contributed by atoms with Crippen LogP contribution in [0.15, 0.2) is 48.5 Å². The van der Waals surface area contributed by atoms with Crippen LogP contribution in [-0.4, -0.2) is 32.5 Å². The third-order valence-corrected chi connectivity index (χ3v) is 5.39. The van der Waals surface area contributed by atoms with Crippen molar-refractivity contribution in [1.29, 1.82) is 0 Å². The summed E-state index contributed by atoms with van der Waals surface area (Å²) in [6, 6.07) is 15.3. The lowest BCUT2D eigenvalue weighted by Crippen LogP contribution is -2.43. The van der Waals surface area contributed by atoms with E-state index in [1.54, 1.807) is 25.3 Å². The smallest absolute Gasteiger partial charge is 0.255 e. The van der Waals surface area contributed by atoms with Crippen LogP contribution in [0.4, 0.5) is 0 Å². The Morgan fingerprint density at radius 3 is 2.37 bits per heavy atom. The predicted octanol–water partition coefficient (Wildman–Crippen LogP) is 3.51. The van der Waals surface area contributed by atoms with E-state index in [0.717, 1.165) is 12.8 Å². The van der Waals surface area contributed by atoms with Gasteiger partial charge in [-0.2, -0.15) is 0 Å². The van der Waals surface area contributed by atoms with Crippen molar-refractivity contribution < 1.29 is 19.1 Å². The Morgan fingerprint density at radius 1 is 1.04 bits per heavy atom. The fraction of sp³-hybridized carbons (Fsp3) is 0.364. The molecule has 1 fully saturated rings. The van der Waals surface area contributed by atoms with Crippen LogP contribution in [0.3, 0.4) is 0 Å². The summed E-state index contributed by atoms with van der Waals surface area (Å²) in [5.41, 5.74) is 1.41. The van der Waals surface area contributed by atoms with Crippen molar-refractivity contribution in [3.8, 4) is 11.5 Å². The van der Waals surface area contributed by atoms with Crippen LogP contribution in [0.2, 0.25) is 0 Å². The van der Waals surface area contributed by atoms with Crippen LogP contribution in [-0.2, 0) is 10.2 Å². The van der Waals surface area contributed by atoms with Crippen molar-refractivity contribution in [3.63, 3.8) is 0 Å². The number of amides is 1. The van der Waals surface area contributed by atoms with Crippen molar-refractivity contribution >= 4 is 11.7 Å². The van der Waals surface area contributed by atoms with E-state index < -0.39 is 0 Å². The number of hydrogen-bond donors (Lipinski definition) is 1. The molecule has 5 heteroatoms. The van der Waals surface area contributed by atoms with Crippen molar-refractivity contribution in [1.82, 2.24) is 5.32 Å². The lowest BCUT2D eigenvalue weighted by atomic mass is 9.69. The third kappa shape index (κ3) is 4.13. The summed E-state index contributed by atoms with van der Waals surface area (Å²) >= 11 is 0. The molecule has 1 saturated carbocycles. The molecular formula is C22H25NO4. The minimum Gasteiger partial charge on any atom is -0.497 e. The van der Waals surface area contributed by atoms with Crippen LogP contribution in [0, 0.1) is 0 Å². The Kier molecular flexibility index (Phi) is 5.79. The van der Waals surface area contributed by atoms with Crippen LogP contribution < -0.4 is 14.8 Å². The quantitative estimate of drug-likeness (QED) is 0.848. The van der Waals surface area contributed by atoms with Crippen molar-refractivity contribution in [2.75, 3.05) is 20.8 Å². The Balaban J connectivity index is 1.80. The highest BCUT2D eigenvalue weighted by molar-refractivity contribution is 5.97. The van der Waals surface area contributed by atoms with Gasteiger partial charge in [-0.05, 0) is 30.5 Å². The Hall–Kier alpha value is -2.82. The fourth-order valence-electron chi connectivity index (χ4n) is 3.70. The Morgan fingerprint density at radius 2 is 1.74 bits per heavy atom. The first-order valence-electron chi connectivity index (χ1n) is 9.15. The summed E-state index contributed by atoms with van der Waals surface area (Å²) in [4.78, 5) is 24.6. The standard InChI is InChI=1S/C22H25NO4/c1-26-18-8-9-19(20(14-18)27-2)21(25)23-15-22(12-10-17(24)11-13-22)16-6-4-3-5-7-16/h3-9,14H,10-13,15H2,1-2H3,(H,23,25). The van der Waals surface area contributed by atoms with Gasteiger partial charge in [0.05, 0.1) is 19.8 Å². The van der Waals surface area contributed by atoms with Gasteiger partial charge in [-0.3, -0.25) is 9.59 Å². The molecule has 0 spiro atoms. The van der Waals surface area contributed by atoms with Gasteiger partial charge in [0.25, 0.3) is 5.91 Å². The van der Waals surface area contributed by atoms with E-state index in [-0.39, 0.29) is 11.3 Å². The van der Waals surface area contributed by atoms with E-state index >= 15 is 0 Å². The molecule has 1 aliphatic carbocycles. The van der Waals surface area contributed by atoms with Gasteiger partial charge in [-0.25, -0.2) is 0 Å². The fourth-order valence-corrected chi connectivity index (χ4v) is 3.70. The van der Waals surface area contributed by atoms with Gasteiger partial charge in [0, 0.05) is 30.9 Å². The zero-order valence-electron chi connectivity index (χ0n) is 15.8. The molecule has 0 aliphatic heterocycles. The highest BCUT2D eigenvalue weighted by Gasteiger charge is 2.36. The number of carbonyl (C=O) groups excluding carboxylic acids is 2. The first-order valence-corrected chi connectivity index (χ1v) is 9.15. The van der Waals surface area contributed by atoms with Gasteiger partial charge in [-0.1, -0.05) is 30.3 Å². The molecule has 0 saturated heterocycles. The highest BCUT2D eigenvalue weighted by atomic mass is 16.5. The minimum atomic E-state index is -0.218. The van der Waals surface area contributed by atoms with E-state index in [1.807, 2.05) is 18.2 Å². The first-order chi connectivity index (χ1) is 13.1. The molecule has 2 aromatic rings. The average Bonchev–Trinajstić information content (AvgIpc) is 2.73. The molecule has 3 rings (SSSR count). The van der Waals surface area contributed by atoms with E-state index in [1.165, 1.54) is 12.7 Å². The van der Waals surface area contributed by atoms with Crippen molar-refractivity contribution in [2.24, 2.45) is 0 Å². The third-order valence-electron chi connectivity index (χ3n) is 5.39. The number of carbonyl (C=O) groups is 2. The molecule has 0 unspecified atom stereocenters. The number of ether oxygens (including phenoxy) is 2. The lowest BCUT2D eigenvalue weighted by molar-refractivity contribution is -0.121. The van der Waals surface area contributed by atoms with Gasteiger partial charge in [0.15, 0.2) is 0 Å². The summed E-state index contributed by atoms with van der Waals surface area (Å²) < 4.78 is 10.5. The average molecular weight is 367 g/mol. The van der Waals surface area contributed by atoms with Gasteiger partial charge < -0.3 is 14.8 Å². The van der Waals surface area contributed by atoms with Crippen molar-refractivity contribution in [2.45, 2.75) is 31.1 Å². The number of hydrogen-bond acceptors (Lipinski definition) is 4. The summed E-state index contributed by atoms with van der Waals surface area (Å²) in [6.07, 6.45) is 2.60. The topological polar surface area (TPSA) is 64.6 Å². The van der Waals surface area contributed by atoms with Crippen LogP contribution in [0.5, 0.6) is 11.5 Å². The normalized spacial score (nSPS) is 15.9. The Labute approximate surface area is 159 Å². The molecule has 0 aromatic heterocycles. The monoisotopic (exact) mass is 367 g/mol. The summed E-state index contributed by atoms with van der Waals surface area (Å²) in [5, 5.41) is 3.06. The molecule has 142 valence electrons. The van der Waals surface area contributed by atoms with Crippen LogP contribution in [0.25, 0.3) is 0 Å². The number of nitrogens with one attached hydrogen (secondary N) is 1. The van der Waals surface area contributed by atoms with E-state index in [0.29, 0.717) is 42.2 Å². The zero-order chi connectivity index (χ0) is 19.3. The summed E-state index contributed by atoms with van der Waals surface area (Å²) in [5.74, 6) is 1.21. The maximum Gasteiger partial charge on any atom is 0.255 e. The number of Topliss-reactive ketones (excluding diaryl/α,β-unsaturated/α-hetero) is 1. The molecular weight excluding hydrogens is 342 g/mol. The Bertz CT molecular complexity index is 806. The molecule has 0 radical (unpaired) electrons. The summed E-state index contributed by atoms with van der Waals surface area (Å²) in [6.45, 7) is 0.484. The second-order valence-corrected chi connectivity index (χ2v) is 6.93. The van der Waals surface area contributed by atoms with Gasteiger partial charge in [-0.15, -0.1) is 0 Å².